The Morgan fingerprint density at radius 3 is 2.50 bits per heavy atom. The monoisotopic (exact) mass is 482 g/mol. The quantitative estimate of drug-likeness (QED) is 0.401. The largest absolute Gasteiger partial charge is 0.484 e. The molecule has 0 bridgehead atoms. The van der Waals surface area contributed by atoms with Crippen LogP contribution in [0.15, 0.2) is 77.2 Å². The van der Waals surface area contributed by atoms with E-state index >= 15 is 0 Å². The van der Waals surface area contributed by atoms with Gasteiger partial charge in [-0.05, 0) is 50.2 Å². The lowest BCUT2D eigenvalue weighted by molar-refractivity contribution is -0.122. The molecule has 5 rings (SSSR count). The van der Waals surface area contributed by atoms with Crippen LogP contribution in [-0.2, 0) is 16.2 Å². The van der Waals surface area contributed by atoms with Gasteiger partial charge in [0.2, 0.25) is 17.7 Å². The Morgan fingerprint density at radius 2 is 1.75 bits per heavy atom. The van der Waals surface area contributed by atoms with E-state index in [0.29, 0.717) is 29.8 Å². The molecule has 1 aliphatic heterocycles. The molecule has 36 heavy (non-hydrogen) atoms. The van der Waals surface area contributed by atoms with E-state index < -0.39 is 5.92 Å². The Kier molecular flexibility index (Phi) is 6.49. The minimum Gasteiger partial charge on any atom is -0.484 e. The van der Waals surface area contributed by atoms with Crippen molar-refractivity contribution in [3.63, 3.8) is 0 Å². The molecule has 8 nitrogen and oxygen atoms in total. The molecule has 2 heterocycles. The number of aryl methyl sites for hydroxylation is 2. The Hall–Kier alpha value is -4.46. The van der Waals surface area contributed by atoms with E-state index in [9.17, 15) is 9.59 Å². The maximum Gasteiger partial charge on any atom is 0.254 e. The zero-order chi connectivity index (χ0) is 25.1. The number of hydrogen-bond donors (Lipinski definition) is 1. The topological polar surface area (TPSA) is 97.6 Å². The fourth-order valence-electron chi connectivity index (χ4n) is 4.04. The van der Waals surface area contributed by atoms with Crippen LogP contribution in [0.4, 0.5) is 11.4 Å². The van der Waals surface area contributed by atoms with Gasteiger partial charge >= 0.3 is 0 Å². The number of nitrogens with zero attached hydrogens (tertiary/aromatic N) is 3. The van der Waals surface area contributed by atoms with Gasteiger partial charge in [-0.3, -0.25) is 9.59 Å². The molecule has 1 aromatic heterocycles. The Balaban J connectivity index is 1.18. The second kappa shape index (κ2) is 10.0. The van der Waals surface area contributed by atoms with E-state index in [4.69, 9.17) is 9.15 Å². The molecular weight excluding hydrogens is 456 g/mol. The first-order chi connectivity index (χ1) is 17.4. The summed E-state index contributed by atoms with van der Waals surface area (Å²) in [4.78, 5) is 27.1. The molecule has 0 spiro atoms. The maximum atomic E-state index is 12.9. The number of nitrogens with one attached hydrogen (secondary N) is 1. The predicted octanol–water partition coefficient (Wildman–Crippen LogP) is 4.92. The summed E-state index contributed by atoms with van der Waals surface area (Å²) < 4.78 is 11.5. The highest BCUT2D eigenvalue weighted by Gasteiger charge is 2.35. The first-order valence-corrected chi connectivity index (χ1v) is 11.7. The lowest BCUT2D eigenvalue weighted by Gasteiger charge is -2.17. The van der Waals surface area contributed by atoms with Gasteiger partial charge in [-0.15, -0.1) is 10.2 Å². The molecule has 1 saturated heterocycles. The highest BCUT2D eigenvalue weighted by molar-refractivity contribution is 6.03. The van der Waals surface area contributed by atoms with Gasteiger partial charge in [0.25, 0.3) is 5.89 Å². The van der Waals surface area contributed by atoms with Crippen LogP contribution in [0.5, 0.6) is 5.75 Å². The molecule has 1 unspecified atom stereocenters. The number of carbonyl (C=O) groups is 2. The molecule has 182 valence electrons. The average Bonchev–Trinajstić information content (AvgIpc) is 3.51. The Labute approximate surface area is 208 Å². The summed E-state index contributed by atoms with van der Waals surface area (Å²) in [6.07, 6.45) is 0.177. The van der Waals surface area contributed by atoms with Crippen molar-refractivity contribution in [2.45, 2.75) is 26.9 Å². The highest BCUT2D eigenvalue weighted by Crippen LogP contribution is 2.27. The zero-order valence-electron chi connectivity index (χ0n) is 20.1. The molecule has 2 amide bonds. The first-order valence-electron chi connectivity index (χ1n) is 11.7. The van der Waals surface area contributed by atoms with E-state index in [1.165, 1.54) is 0 Å². The van der Waals surface area contributed by atoms with Crippen LogP contribution in [-0.4, -0.2) is 28.6 Å². The fraction of sp³-hybridized carbons (Fsp3) is 0.214. The molecule has 0 saturated carbocycles. The van der Waals surface area contributed by atoms with Crippen molar-refractivity contribution in [3.05, 3.63) is 89.8 Å². The van der Waals surface area contributed by atoms with Crippen LogP contribution in [0.3, 0.4) is 0 Å². The third-order valence-electron chi connectivity index (χ3n) is 6.07. The summed E-state index contributed by atoms with van der Waals surface area (Å²) in [6, 6.07) is 22.6. The van der Waals surface area contributed by atoms with E-state index in [1.807, 2.05) is 62.4 Å². The molecule has 1 atom stereocenters. The number of benzene rings is 3. The van der Waals surface area contributed by atoms with Gasteiger partial charge in [0.15, 0.2) is 6.61 Å². The van der Waals surface area contributed by atoms with Crippen LogP contribution in [0.2, 0.25) is 0 Å². The minimum atomic E-state index is -0.429. The number of aromatic nitrogens is 2. The Morgan fingerprint density at radius 1 is 1.03 bits per heavy atom. The number of hydrogen-bond acceptors (Lipinski definition) is 6. The van der Waals surface area contributed by atoms with Crippen molar-refractivity contribution in [1.82, 2.24) is 10.2 Å². The third kappa shape index (κ3) is 5.27. The van der Waals surface area contributed by atoms with Gasteiger partial charge in [0, 0.05) is 36.0 Å². The van der Waals surface area contributed by atoms with E-state index in [-0.39, 0.29) is 24.8 Å². The van der Waals surface area contributed by atoms with E-state index in [0.717, 1.165) is 22.4 Å². The van der Waals surface area contributed by atoms with Crippen LogP contribution in [0.1, 0.15) is 23.4 Å². The SMILES string of the molecule is Cc1ccc(-c2nnc(COc3cccc(NC(=O)C4CC(=O)N(c5ccc(C)cc5)C4)c3)o2)cc1. The van der Waals surface area contributed by atoms with Gasteiger partial charge in [-0.1, -0.05) is 41.5 Å². The summed E-state index contributed by atoms with van der Waals surface area (Å²) in [5.41, 5.74) is 4.51. The van der Waals surface area contributed by atoms with Crippen molar-refractivity contribution < 1.29 is 18.7 Å². The van der Waals surface area contributed by atoms with Gasteiger partial charge in [0.1, 0.15) is 5.75 Å². The molecule has 3 aromatic carbocycles. The summed E-state index contributed by atoms with van der Waals surface area (Å²) in [6.45, 7) is 4.46. The summed E-state index contributed by atoms with van der Waals surface area (Å²) in [5.74, 6) is 0.644. The minimum absolute atomic E-state index is 0.0550. The standard InChI is InChI=1S/C28H26N4O4/c1-18-6-10-20(11-7-18)28-31-30-25(36-28)17-35-24-5-3-4-22(15-24)29-27(34)21-14-26(33)32(16-21)23-12-8-19(2)9-13-23/h3-13,15,21H,14,16-17H2,1-2H3,(H,29,34). The van der Waals surface area contributed by atoms with Crippen LogP contribution < -0.4 is 15.0 Å². The van der Waals surface area contributed by atoms with Crippen molar-refractivity contribution in [1.29, 1.82) is 0 Å². The normalized spacial score (nSPS) is 15.2. The van der Waals surface area contributed by atoms with Crippen LogP contribution in [0.25, 0.3) is 11.5 Å². The number of anilines is 2. The van der Waals surface area contributed by atoms with Gasteiger partial charge in [-0.2, -0.15) is 0 Å². The second-order valence-electron chi connectivity index (χ2n) is 8.91. The molecule has 1 N–H and O–H groups in total. The summed E-state index contributed by atoms with van der Waals surface area (Å²) in [5, 5.41) is 11.0. The molecule has 1 aliphatic rings. The molecular formula is C28H26N4O4. The smallest absolute Gasteiger partial charge is 0.254 e. The molecule has 1 fully saturated rings. The van der Waals surface area contributed by atoms with Crippen LogP contribution in [0, 0.1) is 19.8 Å². The van der Waals surface area contributed by atoms with Gasteiger partial charge in [0.05, 0.1) is 5.92 Å². The lowest BCUT2D eigenvalue weighted by atomic mass is 10.1. The molecule has 8 heteroatoms. The highest BCUT2D eigenvalue weighted by atomic mass is 16.5. The number of rotatable bonds is 7. The number of amides is 2. The van der Waals surface area contributed by atoms with Crippen molar-refractivity contribution in [2.75, 3.05) is 16.8 Å². The molecule has 0 radical (unpaired) electrons. The predicted molar refractivity (Wildman–Crippen MR) is 136 cm³/mol. The van der Waals surface area contributed by atoms with Crippen molar-refractivity contribution in [2.24, 2.45) is 5.92 Å². The molecule has 4 aromatic rings. The Bertz CT molecular complexity index is 1380. The maximum absolute atomic E-state index is 12.9. The molecule has 0 aliphatic carbocycles. The fourth-order valence-corrected chi connectivity index (χ4v) is 4.04. The number of ether oxygens (including phenoxy) is 1. The number of carbonyl (C=O) groups excluding carboxylic acids is 2. The lowest BCUT2D eigenvalue weighted by Crippen LogP contribution is -2.28. The second-order valence-corrected chi connectivity index (χ2v) is 8.91. The average molecular weight is 483 g/mol. The third-order valence-corrected chi connectivity index (χ3v) is 6.07. The van der Waals surface area contributed by atoms with E-state index in [1.54, 1.807) is 29.2 Å². The van der Waals surface area contributed by atoms with Crippen LogP contribution >= 0.6 is 0 Å². The van der Waals surface area contributed by atoms with E-state index in [2.05, 4.69) is 15.5 Å². The first kappa shape index (κ1) is 23.3. The summed E-state index contributed by atoms with van der Waals surface area (Å²) >= 11 is 0. The van der Waals surface area contributed by atoms with Crippen molar-refractivity contribution >= 4 is 23.2 Å². The van der Waals surface area contributed by atoms with Crippen molar-refractivity contribution in [3.8, 4) is 17.2 Å². The van der Waals surface area contributed by atoms with Gasteiger partial charge < -0.3 is 19.4 Å². The zero-order valence-corrected chi connectivity index (χ0v) is 20.1. The summed E-state index contributed by atoms with van der Waals surface area (Å²) in [7, 11) is 0. The van der Waals surface area contributed by atoms with Gasteiger partial charge in [-0.25, -0.2) is 0 Å².